The van der Waals surface area contributed by atoms with Crippen LogP contribution in [-0.2, 0) is 14.3 Å². The van der Waals surface area contributed by atoms with Crippen LogP contribution in [0, 0.1) is 5.92 Å². The monoisotopic (exact) mass is 569 g/mol. The topological polar surface area (TPSA) is 83.8 Å². The van der Waals surface area contributed by atoms with E-state index in [-0.39, 0.29) is 24.8 Å². The van der Waals surface area contributed by atoms with Crippen LogP contribution >= 0.6 is 0 Å². The first-order chi connectivity index (χ1) is 19.4. The lowest BCUT2D eigenvalue weighted by molar-refractivity contribution is -0.152. The quantitative estimate of drug-likeness (QED) is 0.0642. The number of carbonyl (C=O) groups excluding carboxylic acids is 2. The molecule has 0 aliphatic carbocycles. The van der Waals surface area contributed by atoms with Crippen molar-refractivity contribution in [1.29, 1.82) is 0 Å². The number of hydrogen-bond donors (Lipinski definition) is 2. The minimum Gasteiger partial charge on any atom is -0.463 e. The molecule has 2 unspecified atom stereocenters. The van der Waals surface area contributed by atoms with E-state index in [2.05, 4.69) is 20.8 Å². The molecule has 2 N–H and O–H groups in total. The van der Waals surface area contributed by atoms with Crippen LogP contribution in [-0.4, -0.2) is 40.8 Å². The van der Waals surface area contributed by atoms with Crippen LogP contribution in [0.2, 0.25) is 0 Å². The highest BCUT2D eigenvalue weighted by molar-refractivity contribution is 5.83. The second-order valence-electron chi connectivity index (χ2n) is 12.6. The fourth-order valence-electron chi connectivity index (χ4n) is 5.26. The number of unbranched alkanes of at least 4 members (excludes halogenated alkanes) is 21. The third-order valence-electron chi connectivity index (χ3n) is 8.05. The van der Waals surface area contributed by atoms with Crippen molar-refractivity contribution in [3.05, 3.63) is 0 Å². The van der Waals surface area contributed by atoms with Gasteiger partial charge in [0.1, 0.15) is 18.8 Å². The zero-order chi connectivity index (χ0) is 29.7. The normalized spacial score (nSPS) is 13.1. The minimum absolute atomic E-state index is 0.266. The Labute approximate surface area is 248 Å². The fourth-order valence-corrected chi connectivity index (χ4v) is 5.26. The first-order valence-corrected chi connectivity index (χ1v) is 17.4. The molecule has 0 rings (SSSR count). The second-order valence-corrected chi connectivity index (χ2v) is 12.6. The maximum atomic E-state index is 12.2. The standard InChI is InChI=1S/C35H68O5/c1-4-5-6-7-8-9-12-17-20-23-26-29-34(38)40-30-33(37)35(39)32(36)28-25-22-19-16-14-11-10-13-15-18-21-24-27-31(2)3/h31,33,35,37,39H,4-30H2,1-3H3. The maximum absolute atomic E-state index is 12.2. The van der Waals surface area contributed by atoms with Gasteiger partial charge in [0.25, 0.3) is 0 Å². The molecular formula is C35H68O5. The van der Waals surface area contributed by atoms with E-state index in [4.69, 9.17) is 4.74 Å². The summed E-state index contributed by atoms with van der Waals surface area (Å²) in [6.45, 7) is 6.52. The van der Waals surface area contributed by atoms with Crippen LogP contribution in [0.4, 0.5) is 0 Å². The Morgan fingerprint density at radius 3 is 1.35 bits per heavy atom. The van der Waals surface area contributed by atoms with Gasteiger partial charge < -0.3 is 14.9 Å². The van der Waals surface area contributed by atoms with Gasteiger partial charge in [0, 0.05) is 12.8 Å². The molecule has 5 nitrogen and oxygen atoms in total. The molecular weight excluding hydrogens is 500 g/mol. The summed E-state index contributed by atoms with van der Waals surface area (Å²) in [6, 6.07) is 0. The molecule has 0 aromatic heterocycles. The number of ketones is 1. The molecule has 238 valence electrons. The average molecular weight is 569 g/mol. The molecule has 2 atom stereocenters. The third kappa shape index (κ3) is 27.2. The Morgan fingerprint density at radius 2 is 0.925 bits per heavy atom. The highest BCUT2D eigenvalue weighted by atomic mass is 16.5. The van der Waals surface area contributed by atoms with Crippen molar-refractivity contribution >= 4 is 11.8 Å². The zero-order valence-corrected chi connectivity index (χ0v) is 26.9. The number of ether oxygens (including phenoxy) is 1. The predicted molar refractivity (Wildman–Crippen MR) is 169 cm³/mol. The van der Waals surface area contributed by atoms with Crippen molar-refractivity contribution in [1.82, 2.24) is 0 Å². The number of rotatable bonds is 31. The summed E-state index contributed by atoms with van der Waals surface area (Å²) in [5, 5.41) is 20.2. The van der Waals surface area contributed by atoms with Gasteiger partial charge in [-0.3, -0.25) is 9.59 Å². The Bertz CT molecular complexity index is 562. The summed E-state index contributed by atoms with van der Waals surface area (Å²) in [5.74, 6) is 0.110. The van der Waals surface area contributed by atoms with E-state index >= 15 is 0 Å². The summed E-state index contributed by atoms with van der Waals surface area (Å²) < 4.78 is 5.10. The third-order valence-corrected chi connectivity index (χ3v) is 8.05. The van der Waals surface area contributed by atoms with Crippen molar-refractivity contribution < 1.29 is 24.5 Å². The van der Waals surface area contributed by atoms with Crippen LogP contribution in [0.3, 0.4) is 0 Å². The maximum Gasteiger partial charge on any atom is 0.305 e. The van der Waals surface area contributed by atoms with Crippen LogP contribution < -0.4 is 0 Å². The van der Waals surface area contributed by atoms with Gasteiger partial charge in [0.15, 0.2) is 5.78 Å². The van der Waals surface area contributed by atoms with E-state index in [0.717, 1.165) is 44.4 Å². The average Bonchev–Trinajstić information content (AvgIpc) is 2.94. The molecule has 5 heteroatoms. The molecule has 0 bridgehead atoms. The van der Waals surface area contributed by atoms with Gasteiger partial charge in [0.05, 0.1) is 0 Å². The summed E-state index contributed by atoms with van der Waals surface area (Å²) in [5.41, 5.74) is 0. The van der Waals surface area contributed by atoms with Crippen molar-refractivity contribution in [2.24, 2.45) is 5.92 Å². The SMILES string of the molecule is CCCCCCCCCCCCCC(=O)OCC(O)C(O)C(=O)CCCCCCCCCCCCCCC(C)C. The van der Waals surface area contributed by atoms with E-state index < -0.39 is 12.2 Å². The molecule has 0 fully saturated rings. The highest BCUT2D eigenvalue weighted by Crippen LogP contribution is 2.15. The number of aliphatic hydroxyl groups excluding tert-OH is 2. The van der Waals surface area contributed by atoms with Crippen LogP contribution in [0.5, 0.6) is 0 Å². The van der Waals surface area contributed by atoms with Gasteiger partial charge in [-0.15, -0.1) is 0 Å². The van der Waals surface area contributed by atoms with Crippen LogP contribution in [0.1, 0.15) is 188 Å². The highest BCUT2D eigenvalue weighted by Gasteiger charge is 2.24. The molecule has 0 saturated carbocycles. The van der Waals surface area contributed by atoms with Crippen LogP contribution in [0.15, 0.2) is 0 Å². The largest absolute Gasteiger partial charge is 0.463 e. The first kappa shape index (κ1) is 39.1. The molecule has 0 aliphatic rings. The van der Waals surface area contributed by atoms with Crippen molar-refractivity contribution in [3.8, 4) is 0 Å². The van der Waals surface area contributed by atoms with Crippen molar-refractivity contribution in [2.75, 3.05) is 6.61 Å². The summed E-state index contributed by atoms with van der Waals surface area (Å²) in [6.07, 6.45) is 27.3. The molecule has 0 spiro atoms. The Morgan fingerprint density at radius 1 is 0.550 bits per heavy atom. The van der Waals surface area contributed by atoms with E-state index in [1.54, 1.807) is 0 Å². The van der Waals surface area contributed by atoms with Gasteiger partial charge >= 0.3 is 5.97 Å². The molecule has 0 aliphatic heterocycles. The van der Waals surface area contributed by atoms with E-state index in [0.29, 0.717) is 6.42 Å². The molecule has 0 amide bonds. The van der Waals surface area contributed by atoms with Gasteiger partial charge in [-0.1, -0.05) is 162 Å². The lowest BCUT2D eigenvalue weighted by atomic mass is 10.0. The molecule has 0 saturated heterocycles. The smallest absolute Gasteiger partial charge is 0.305 e. The van der Waals surface area contributed by atoms with Crippen LogP contribution in [0.25, 0.3) is 0 Å². The molecule has 40 heavy (non-hydrogen) atoms. The summed E-state index contributed by atoms with van der Waals surface area (Å²) in [4.78, 5) is 24.1. The zero-order valence-electron chi connectivity index (χ0n) is 26.9. The number of aliphatic hydroxyl groups is 2. The predicted octanol–water partition coefficient (Wildman–Crippen LogP) is 9.64. The number of hydrogen-bond acceptors (Lipinski definition) is 5. The second kappa shape index (κ2) is 29.5. The lowest BCUT2D eigenvalue weighted by Gasteiger charge is -2.17. The molecule has 0 aromatic rings. The van der Waals surface area contributed by atoms with E-state index in [1.807, 2.05) is 0 Å². The van der Waals surface area contributed by atoms with Crippen molar-refractivity contribution in [3.63, 3.8) is 0 Å². The van der Waals surface area contributed by atoms with E-state index in [9.17, 15) is 19.8 Å². The minimum atomic E-state index is -1.47. The van der Waals surface area contributed by atoms with Gasteiger partial charge in [0.2, 0.25) is 0 Å². The first-order valence-electron chi connectivity index (χ1n) is 17.4. The Kier molecular flexibility index (Phi) is 28.9. The molecule has 0 radical (unpaired) electrons. The van der Waals surface area contributed by atoms with Gasteiger partial charge in [-0.25, -0.2) is 0 Å². The Balaban J connectivity index is 3.55. The number of carbonyl (C=O) groups is 2. The fraction of sp³-hybridized carbons (Fsp3) is 0.943. The Hall–Kier alpha value is -0.940. The summed E-state index contributed by atoms with van der Waals surface area (Å²) in [7, 11) is 0. The number of Topliss-reactive ketones (excluding diaryl/α,β-unsaturated/α-hetero) is 1. The van der Waals surface area contributed by atoms with Gasteiger partial charge in [-0.05, 0) is 18.8 Å². The summed E-state index contributed by atoms with van der Waals surface area (Å²) >= 11 is 0. The van der Waals surface area contributed by atoms with Crippen molar-refractivity contribution in [2.45, 2.75) is 200 Å². The molecule has 0 aromatic carbocycles. The number of esters is 1. The van der Waals surface area contributed by atoms with Gasteiger partial charge in [-0.2, -0.15) is 0 Å². The van der Waals surface area contributed by atoms with E-state index in [1.165, 1.54) is 116 Å². The molecule has 0 heterocycles. The lowest BCUT2D eigenvalue weighted by Crippen LogP contribution is -2.37.